The molecule has 3 aromatic carbocycles. The van der Waals surface area contributed by atoms with Crippen LogP contribution in [0.3, 0.4) is 0 Å². The Hall–Kier alpha value is -3.40. The number of ether oxygens (including phenoxy) is 2. The predicted molar refractivity (Wildman–Crippen MR) is 103 cm³/mol. The maximum atomic E-state index is 12.7. The Kier molecular flexibility index (Phi) is 4.24. The van der Waals surface area contributed by atoms with Gasteiger partial charge in [0.2, 0.25) is 0 Å². The fourth-order valence-electron chi connectivity index (χ4n) is 3.69. The minimum Gasteiger partial charge on any atom is -0.465 e. The summed E-state index contributed by atoms with van der Waals surface area (Å²) in [6.45, 7) is 2.01. The quantitative estimate of drug-likeness (QED) is 0.632. The molecule has 27 heavy (non-hydrogen) atoms. The van der Waals surface area contributed by atoms with Crippen molar-refractivity contribution in [1.82, 2.24) is 0 Å². The van der Waals surface area contributed by atoms with Gasteiger partial charge in [-0.25, -0.2) is 9.59 Å². The topological polar surface area (TPSA) is 52.6 Å². The maximum absolute atomic E-state index is 12.7. The van der Waals surface area contributed by atoms with Crippen LogP contribution in [0, 0.1) is 6.92 Å². The summed E-state index contributed by atoms with van der Waals surface area (Å²) in [6, 6.07) is 19.2. The lowest BCUT2D eigenvalue weighted by molar-refractivity contribution is 0.0535. The fraction of sp³-hybridized carbons (Fsp3) is 0.130. The highest BCUT2D eigenvalue weighted by atomic mass is 16.5. The molecule has 0 spiro atoms. The lowest BCUT2D eigenvalue weighted by atomic mass is 9.82. The summed E-state index contributed by atoms with van der Waals surface area (Å²) in [5.74, 6) is -0.786. The Labute approximate surface area is 157 Å². The van der Waals surface area contributed by atoms with E-state index >= 15 is 0 Å². The number of carbonyl (C=O) groups is 2. The van der Waals surface area contributed by atoms with Gasteiger partial charge in [0.05, 0.1) is 18.2 Å². The predicted octanol–water partition coefficient (Wildman–Crippen LogP) is 4.79. The lowest BCUT2D eigenvalue weighted by Crippen LogP contribution is -2.12. The average molecular weight is 358 g/mol. The molecule has 0 saturated carbocycles. The maximum Gasteiger partial charge on any atom is 0.339 e. The van der Waals surface area contributed by atoms with Gasteiger partial charge < -0.3 is 9.47 Å². The Bertz CT molecular complexity index is 1040. The molecule has 0 radical (unpaired) electrons. The normalized spacial score (nSPS) is 12.4. The molecule has 1 aliphatic heterocycles. The zero-order chi connectivity index (χ0) is 19.0. The summed E-state index contributed by atoms with van der Waals surface area (Å²) >= 11 is 0. The first-order valence-electron chi connectivity index (χ1n) is 8.69. The van der Waals surface area contributed by atoms with E-state index in [1.165, 1.54) is 7.11 Å². The Morgan fingerprint density at radius 1 is 0.889 bits per heavy atom. The van der Waals surface area contributed by atoms with E-state index in [0.29, 0.717) is 22.3 Å². The SMILES string of the molecule is COC(=O)c1c(C)c2c(c(-c3ccccc3)c1-c1ccccc1)C(=O)OC2. The van der Waals surface area contributed by atoms with Crippen molar-refractivity contribution >= 4 is 11.9 Å². The van der Waals surface area contributed by atoms with Crippen LogP contribution in [-0.4, -0.2) is 19.0 Å². The molecule has 3 aromatic rings. The number of fused-ring (bicyclic) bond motifs is 1. The van der Waals surface area contributed by atoms with E-state index in [1.807, 2.05) is 67.6 Å². The molecular formula is C23H18O4. The summed E-state index contributed by atoms with van der Waals surface area (Å²) in [5, 5.41) is 0. The molecular weight excluding hydrogens is 340 g/mol. The molecule has 0 amide bonds. The zero-order valence-corrected chi connectivity index (χ0v) is 15.1. The van der Waals surface area contributed by atoms with Crippen molar-refractivity contribution in [1.29, 1.82) is 0 Å². The van der Waals surface area contributed by atoms with Crippen LogP contribution in [0.5, 0.6) is 0 Å². The van der Waals surface area contributed by atoms with Gasteiger partial charge in [0.1, 0.15) is 6.61 Å². The van der Waals surface area contributed by atoms with E-state index in [1.54, 1.807) is 0 Å². The monoisotopic (exact) mass is 358 g/mol. The minimum absolute atomic E-state index is 0.166. The number of carbonyl (C=O) groups excluding carboxylic acids is 2. The van der Waals surface area contributed by atoms with E-state index in [0.717, 1.165) is 22.3 Å². The number of hydrogen-bond donors (Lipinski definition) is 0. The molecule has 0 fully saturated rings. The van der Waals surface area contributed by atoms with Crippen molar-refractivity contribution in [3.05, 3.63) is 82.9 Å². The van der Waals surface area contributed by atoms with Crippen molar-refractivity contribution in [2.45, 2.75) is 13.5 Å². The van der Waals surface area contributed by atoms with Gasteiger partial charge in [-0.2, -0.15) is 0 Å². The Morgan fingerprint density at radius 3 is 2.00 bits per heavy atom. The summed E-state index contributed by atoms with van der Waals surface area (Å²) in [6.07, 6.45) is 0. The number of methoxy groups -OCH3 is 1. The van der Waals surface area contributed by atoms with E-state index in [2.05, 4.69) is 0 Å². The second-order valence-electron chi connectivity index (χ2n) is 6.40. The molecule has 0 unspecified atom stereocenters. The summed E-state index contributed by atoms with van der Waals surface area (Å²) < 4.78 is 10.4. The number of hydrogen-bond acceptors (Lipinski definition) is 4. The first-order chi connectivity index (χ1) is 13.1. The number of rotatable bonds is 3. The third-order valence-corrected chi connectivity index (χ3v) is 4.95. The van der Waals surface area contributed by atoms with Crippen molar-refractivity contribution in [2.24, 2.45) is 0 Å². The Balaban J connectivity index is 2.20. The molecule has 0 aliphatic carbocycles. The van der Waals surface area contributed by atoms with Gasteiger partial charge >= 0.3 is 11.9 Å². The first kappa shape index (κ1) is 17.0. The second-order valence-corrected chi connectivity index (χ2v) is 6.40. The summed E-state index contributed by atoms with van der Waals surface area (Å²) in [5.41, 5.74) is 5.60. The van der Waals surface area contributed by atoms with Crippen LogP contribution >= 0.6 is 0 Å². The van der Waals surface area contributed by atoms with Gasteiger partial charge in [0.25, 0.3) is 0 Å². The van der Waals surface area contributed by atoms with Crippen LogP contribution in [0.25, 0.3) is 22.3 Å². The van der Waals surface area contributed by atoms with Crippen LogP contribution in [0.2, 0.25) is 0 Å². The van der Waals surface area contributed by atoms with Crippen LogP contribution in [0.4, 0.5) is 0 Å². The van der Waals surface area contributed by atoms with Crippen LogP contribution in [-0.2, 0) is 16.1 Å². The highest BCUT2D eigenvalue weighted by molar-refractivity contribution is 6.11. The molecule has 4 rings (SSSR count). The standard InChI is InChI=1S/C23H18O4/c1-14-17-13-27-23(25)21(17)20(16-11-7-4-8-12-16)19(18(14)22(24)26-2)15-9-5-3-6-10-15/h3-12H,13H2,1-2H3. The number of benzene rings is 3. The molecule has 0 saturated heterocycles. The van der Waals surface area contributed by atoms with Crippen molar-refractivity contribution in [3.8, 4) is 22.3 Å². The van der Waals surface area contributed by atoms with Crippen molar-refractivity contribution in [3.63, 3.8) is 0 Å². The van der Waals surface area contributed by atoms with Crippen LogP contribution in [0.15, 0.2) is 60.7 Å². The van der Waals surface area contributed by atoms with E-state index in [-0.39, 0.29) is 12.6 Å². The molecule has 1 aliphatic rings. The fourth-order valence-corrected chi connectivity index (χ4v) is 3.69. The van der Waals surface area contributed by atoms with Gasteiger partial charge in [0.15, 0.2) is 0 Å². The average Bonchev–Trinajstić information content (AvgIpc) is 3.10. The molecule has 0 N–H and O–H groups in total. The molecule has 4 nitrogen and oxygen atoms in total. The van der Waals surface area contributed by atoms with Gasteiger partial charge in [-0.3, -0.25) is 0 Å². The molecule has 0 atom stereocenters. The smallest absolute Gasteiger partial charge is 0.339 e. The lowest BCUT2D eigenvalue weighted by Gasteiger charge is -2.20. The van der Waals surface area contributed by atoms with Gasteiger partial charge in [-0.05, 0) is 23.6 Å². The van der Waals surface area contributed by atoms with Gasteiger partial charge in [0, 0.05) is 16.7 Å². The van der Waals surface area contributed by atoms with Gasteiger partial charge in [-0.15, -0.1) is 0 Å². The van der Waals surface area contributed by atoms with E-state index < -0.39 is 5.97 Å². The van der Waals surface area contributed by atoms with Crippen molar-refractivity contribution in [2.75, 3.05) is 7.11 Å². The van der Waals surface area contributed by atoms with Crippen molar-refractivity contribution < 1.29 is 19.1 Å². The molecule has 4 heteroatoms. The van der Waals surface area contributed by atoms with E-state index in [4.69, 9.17) is 9.47 Å². The highest BCUT2D eigenvalue weighted by Gasteiger charge is 2.34. The molecule has 134 valence electrons. The zero-order valence-electron chi connectivity index (χ0n) is 15.1. The number of esters is 2. The summed E-state index contributed by atoms with van der Waals surface area (Å²) in [7, 11) is 1.37. The third kappa shape index (κ3) is 2.70. The minimum atomic E-state index is -0.425. The largest absolute Gasteiger partial charge is 0.465 e. The molecule has 0 aromatic heterocycles. The first-order valence-corrected chi connectivity index (χ1v) is 8.69. The Morgan fingerprint density at radius 2 is 1.44 bits per heavy atom. The van der Waals surface area contributed by atoms with E-state index in [9.17, 15) is 9.59 Å². The molecule has 0 bridgehead atoms. The number of cyclic esters (lactones) is 1. The van der Waals surface area contributed by atoms with Gasteiger partial charge in [-0.1, -0.05) is 60.7 Å². The molecule has 1 heterocycles. The highest BCUT2D eigenvalue weighted by Crippen LogP contribution is 2.44. The second kappa shape index (κ2) is 6.72. The van der Waals surface area contributed by atoms with Crippen LogP contribution in [0.1, 0.15) is 31.8 Å². The third-order valence-electron chi connectivity index (χ3n) is 4.95. The van der Waals surface area contributed by atoms with Crippen LogP contribution < -0.4 is 0 Å². The summed E-state index contributed by atoms with van der Waals surface area (Å²) in [4.78, 5) is 25.4.